The van der Waals surface area contributed by atoms with Crippen LogP contribution in [0.5, 0.6) is 0 Å². The van der Waals surface area contributed by atoms with Crippen molar-refractivity contribution in [3.63, 3.8) is 0 Å². The van der Waals surface area contributed by atoms with Gasteiger partial charge in [0.15, 0.2) is 5.13 Å². The topological polar surface area (TPSA) is 114 Å². The number of thiazole rings is 1. The summed E-state index contributed by atoms with van der Waals surface area (Å²) in [6, 6.07) is 0. The zero-order valence-electron chi connectivity index (χ0n) is 11.1. The van der Waals surface area contributed by atoms with Crippen molar-refractivity contribution in [2.45, 2.75) is 25.8 Å². The van der Waals surface area contributed by atoms with Crippen molar-refractivity contribution in [1.82, 2.24) is 15.0 Å². The maximum Gasteiger partial charge on any atom is 0.226 e. The molecule has 0 spiro atoms. The number of carbonyl (C=O) groups is 1. The number of nitrogens with zero attached hydrogens (tertiary/aromatic N) is 1. The summed E-state index contributed by atoms with van der Waals surface area (Å²) in [5.41, 5.74) is 5.33. The highest BCUT2D eigenvalue weighted by molar-refractivity contribution is 7.88. The first-order valence-electron chi connectivity index (χ1n) is 5.53. The summed E-state index contributed by atoms with van der Waals surface area (Å²) in [6.07, 6.45) is 1.21. The third-order valence-electron chi connectivity index (χ3n) is 2.10. The molecule has 0 aromatic carbocycles. The zero-order valence-corrected chi connectivity index (χ0v) is 12.7. The van der Waals surface area contributed by atoms with E-state index in [2.05, 4.69) is 15.0 Å². The normalized spacial score (nSPS) is 12.4. The number of amides is 1. The van der Waals surface area contributed by atoms with E-state index >= 15 is 0 Å². The van der Waals surface area contributed by atoms with Crippen LogP contribution in [0.2, 0.25) is 0 Å². The lowest BCUT2D eigenvalue weighted by Crippen LogP contribution is -2.51. The molecule has 0 saturated carbocycles. The molecule has 9 heteroatoms. The van der Waals surface area contributed by atoms with Crippen LogP contribution in [0.1, 0.15) is 19.5 Å². The quantitative estimate of drug-likeness (QED) is 0.668. The molecule has 4 N–H and O–H groups in total. The van der Waals surface area contributed by atoms with Gasteiger partial charge in [0.2, 0.25) is 15.9 Å². The van der Waals surface area contributed by atoms with Gasteiger partial charge in [0.1, 0.15) is 0 Å². The van der Waals surface area contributed by atoms with Crippen LogP contribution in [-0.2, 0) is 21.2 Å². The van der Waals surface area contributed by atoms with Gasteiger partial charge in [-0.3, -0.25) is 4.79 Å². The second-order valence-corrected chi connectivity index (χ2v) is 7.53. The molecule has 1 aromatic heterocycles. The number of hydrogen-bond acceptors (Lipinski definition) is 6. The summed E-state index contributed by atoms with van der Waals surface area (Å²) in [6.45, 7) is 3.57. The van der Waals surface area contributed by atoms with E-state index in [-0.39, 0.29) is 18.9 Å². The molecule has 0 radical (unpaired) electrons. The van der Waals surface area contributed by atoms with Crippen LogP contribution >= 0.6 is 11.3 Å². The largest absolute Gasteiger partial charge is 0.375 e. The molecule has 1 rings (SSSR count). The van der Waals surface area contributed by atoms with E-state index < -0.39 is 15.6 Å². The molecule has 0 bridgehead atoms. The summed E-state index contributed by atoms with van der Waals surface area (Å²) in [5, 5.41) is 4.80. The number of nitrogen functional groups attached to an aromatic ring is 1. The molecular formula is C10H18N4O3S2. The number of rotatable bonds is 6. The summed E-state index contributed by atoms with van der Waals surface area (Å²) < 4.78 is 24.7. The molecular weight excluding hydrogens is 288 g/mol. The average Bonchev–Trinajstić information content (AvgIpc) is 2.57. The molecule has 0 fully saturated rings. The minimum atomic E-state index is -3.31. The highest BCUT2D eigenvalue weighted by Gasteiger charge is 2.22. The van der Waals surface area contributed by atoms with Crippen molar-refractivity contribution in [2.75, 3.05) is 18.5 Å². The van der Waals surface area contributed by atoms with Crippen LogP contribution in [0.25, 0.3) is 0 Å². The van der Waals surface area contributed by atoms with Crippen LogP contribution in [0.4, 0.5) is 5.13 Å². The molecule has 1 aromatic rings. The van der Waals surface area contributed by atoms with Gasteiger partial charge in [0, 0.05) is 17.5 Å². The fourth-order valence-electron chi connectivity index (χ4n) is 1.49. The third kappa shape index (κ3) is 6.50. The summed E-state index contributed by atoms with van der Waals surface area (Å²) >= 11 is 1.27. The Kier molecular flexibility index (Phi) is 4.88. The molecule has 0 aliphatic rings. The van der Waals surface area contributed by atoms with Gasteiger partial charge in [-0.25, -0.2) is 18.1 Å². The van der Waals surface area contributed by atoms with E-state index in [1.807, 2.05) is 0 Å². The van der Waals surface area contributed by atoms with Crippen LogP contribution in [0, 0.1) is 0 Å². The molecule has 1 heterocycles. The summed E-state index contributed by atoms with van der Waals surface area (Å²) in [5.74, 6) is -0.228. The predicted molar refractivity (Wildman–Crippen MR) is 75.3 cm³/mol. The maximum atomic E-state index is 11.7. The highest BCUT2D eigenvalue weighted by Crippen LogP contribution is 2.11. The predicted octanol–water partition coefficient (Wildman–Crippen LogP) is -0.288. The second kappa shape index (κ2) is 5.85. The van der Waals surface area contributed by atoms with Crippen LogP contribution in [0.3, 0.4) is 0 Å². The van der Waals surface area contributed by atoms with Crippen molar-refractivity contribution in [3.8, 4) is 0 Å². The number of hydrogen-bond donors (Lipinski definition) is 3. The first kappa shape index (κ1) is 15.9. The Morgan fingerprint density at radius 2 is 2.16 bits per heavy atom. The van der Waals surface area contributed by atoms with Crippen molar-refractivity contribution in [3.05, 3.63) is 11.1 Å². The van der Waals surface area contributed by atoms with Gasteiger partial charge in [-0.05, 0) is 13.8 Å². The Balaban J connectivity index is 2.45. The van der Waals surface area contributed by atoms with E-state index in [0.717, 1.165) is 6.26 Å². The van der Waals surface area contributed by atoms with Crippen molar-refractivity contribution in [1.29, 1.82) is 0 Å². The first-order chi connectivity index (χ1) is 8.57. The number of nitrogens with one attached hydrogen (secondary N) is 2. The second-order valence-electron chi connectivity index (χ2n) is 4.89. The molecule has 7 nitrogen and oxygen atoms in total. The number of carbonyl (C=O) groups excluding carboxylic acids is 1. The average molecular weight is 306 g/mol. The summed E-state index contributed by atoms with van der Waals surface area (Å²) in [7, 11) is -3.31. The van der Waals surface area contributed by atoms with Crippen molar-refractivity contribution >= 4 is 32.4 Å². The zero-order chi connectivity index (χ0) is 14.7. The molecule has 0 aliphatic carbocycles. The van der Waals surface area contributed by atoms with Gasteiger partial charge in [-0.15, -0.1) is 11.3 Å². The Morgan fingerprint density at radius 3 is 2.63 bits per heavy atom. The van der Waals surface area contributed by atoms with Crippen LogP contribution in [-0.4, -0.2) is 37.6 Å². The molecule has 0 unspecified atom stereocenters. The van der Waals surface area contributed by atoms with Crippen molar-refractivity contribution < 1.29 is 13.2 Å². The molecule has 0 saturated heterocycles. The van der Waals surface area contributed by atoms with E-state index in [1.54, 1.807) is 19.2 Å². The molecule has 0 aliphatic heterocycles. The van der Waals surface area contributed by atoms with Crippen LogP contribution < -0.4 is 15.8 Å². The molecule has 19 heavy (non-hydrogen) atoms. The van der Waals surface area contributed by atoms with Gasteiger partial charge < -0.3 is 11.1 Å². The van der Waals surface area contributed by atoms with E-state index in [1.165, 1.54) is 11.3 Å². The summed E-state index contributed by atoms with van der Waals surface area (Å²) in [4.78, 5) is 15.6. The fourth-order valence-corrected chi connectivity index (χ4v) is 3.13. The Hall–Kier alpha value is -1.19. The first-order valence-corrected chi connectivity index (χ1v) is 8.30. The van der Waals surface area contributed by atoms with Gasteiger partial charge in [-0.2, -0.15) is 0 Å². The fraction of sp³-hybridized carbons (Fsp3) is 0.600. The number of aromatic nitrogens is 1. The van der Waals surface area contributed by atoms with Gasteiger partial charge in [0.25, 0.3) is 0 Å². The number of anilines is 1. The van der Waals surface area contributed by atoms with Gasteiger partial charge >= 0.3 is 0 Å². The van der Waals surface area contributed by atoms with E-state index in [0.29, 0.717) is 10.8 Å². The molecule has 0 atom stereocenters. The highest BCUT2D eigenvalue weighted by atomic mass is 32.2. The monoisotopic (exact) mass is 306 g/mol. The Labute approximate surface area is 116 Å². The smallest absolute Gasteiger partial charge is 0.226 e. The van der Waals surface area contributed by atoms with Crippen molar-refractivity contribution in [2.24, 2.45) is 0 Å². The lowest BCUT2D eigenvalue weighted by Gasteiger charge is -2.25. The SMILES string of the molecule is CC(C)(CNC(=O)Cc1csc(N)n1)NS(C)(=O)=O. The Bertz CT molecular complexity index is 551. The lowest BCUT2D eigenvalue weighted by atomic mass is 10.1. The standard InChI is InChI=1S/C10H18N4O3S2/c1-10(2,14-19(3,16)17)6-12-8(15)4-7-5-18-9(11)13-7/h5,14H,4,6H2,1-3H3,(H2,11,13)(H,12,15). The minimum absolute atomic E-state index is 0.128. The lowest BCUT2D eigenvalue weighted by molar-refractivity contribution is -0.120. The van der Waals surface area contributed by atoms with Gasteiger partial charge in [0.05, 0.1) is 18.4 Å². The number of sulfonamides is 1. The number of nitrogens with two attached hydrogens (primary N) is 1. The van der Waals surface area contributed by atoms with E-state index in [4.69, 9.17) is 5.73 Å². The molecule has 108 valence electrons. The van der Waals surface area contributed by atoms with Crippen LogP contribution in [0.15, 0.2) is 5.38 Å². The van der Waals surface area contributed by atoms with E-state index in [9.17, 15) is 13.2 Å². The third-order valence-corrected chi connectivity index (χ3v) is 3.75. The molecule has 1 amide bonds. The Morgan fingerprint density at radius 1 is 1.53 bits per heavy atom. The minimum Gasteiger partial charge on any atom is -0.375 e. The van der Waals surface area contributed by atoms with Gasteiger partial charge in [-0.1, -0.05) is 0 Å². The maximum absolute atomic E-state index is 11.7.